The molecule has 0 radical (unpaired) electrons. The number of hydrogen-bond acceptors (Lipinski definition) is 3. The number of alkyl halides is 3. The predicted molar refractivity (Wildman–Crippen MR) is 67.4 cm³/mol. The molecule has 0 saturated heterocycles. The Labute approximate surface area is 112 Å². The lowest BCUT2D eigenvalue weighted by Crippen LogP contribution is -2.35. The molecular formula is C12H12F3N3S. The molecule has 1 aliphatic heterocycles. The number of rotatable bonds is 1. The van der Waals surface area contributed by atoms with E-state index in [1.807, 2.05) is 19.1 Å². The maximum absolute atomic E-state index is 13.1. The predicted octanol–water partition coefficient (Wildman–Crippen LogP) is 3.91. The summed E-state index contributed by atoms with van der Waals surface area (Å²) in [7, 11) is 0. The standard InChI is InChI=1S/C12H12F3N3S/c1-7-2-3-9(19-7)8-6-10(12(13,14)15)18-11(17-8)4-5-16-18/h2-5,8,10,17H,6H2,1H3/t8-,10-/m1/s1. The van der Waals surface area contributed by atoms with Crippen molar-refractivity contribution in [2.45, 2.75) is 31.6 Å². The highest BCUT2D eigenvalue weighted by atomic mass is 32.1. The maximum Gasteiger partial charge on any atom is 0.410 e. The van der Waals surface area contributed by atoms with Crippen LogP contribution in [0, 0.1) is 6.92 Å². The Morgan fingerprint density at radius 3 is 2.79 bits per heavy atom. The van der Waals surface area contributed by atoms with Gasteiger partial charge in [0.1, 0.15) is 5.82 Å². The van der Waals surface area contributed by atoms with Crippen LogP contribution in [0.4, 0.5) is 19.0 Å². The van der Waals surface area contributed by atoms with Gasteiger partial charge in [-0.15, -0.1) is 11.3 Å². The van der Waals surface area contributed by atoms with E-state index in [0.29, 0.717) is 5.82 Å². The van der Waals surface area contributed by atoms with Crippen LogP contribution in [0.5, 0.6) is 0 Å². The van der Waals surface area contributed by atoms with Crippen LogP contribution in [-0.4, -0.2) is 16.0 Å². The normalized spacial score (nSPS) is 22.9. The first-order valence-electron chi connectivity index (χ1n) is 5.88. The number of nitrogens with zero attached hydrogens (tertiary/aromatic N) is 2. The summed E-state index contributed by atoms with van der Waals surface area (Å²) >= 11 is 1.52. The van der Waals surface area contributed by atoms with Crippen LogP contribution in [0.25, 0.3) is 0 Å². The van der Waals surface area contributed by atoms with Gasteiger partial charge in [0.25, 0.3) is 0 Å². The van der Waals surface area contributed by atoms with Crippen LogP contribution in [0.15, 0.2) is 24.4 Å². The Bertz CT molecular complexity index is 587. The highest BCUT2D eigenvalue weighted by molar-refractivity contribution is 7.12. The van der Waals surface area contributed by atoms with Gasteiger partial charge < -0.3 is 5.32 Å². The Morgan fingerprint density at radius 1 is 1.37 bits per heavy atom. The molecule has 2 aromatic heterocycles. The topological polar surface area (TPSA) is 29.9 Å². The van der Waals surface area contributed by atoms with Gasteiger partial charge in [-0.25, -0.2) is 4.68 Å². The van der Waals surface area contributed by atoms with E-state index in [0.717, 1.165) is 14.4 Å². The minimum atomic E-state index is -4.28. The fraction of sp³-hybridized carbons (Fsp3) is 0.417. The number of aromatic nitrogens is 2. The smallest absolute Gasteiger partial charge is 0.363 e. The van der Waals surface area contributed by atoms with Crippen LogP contribution in [-0.2, 0) is 0 Å². The van der Waals surface area contributed by atoms with Crippen molar-refractivity contribution < 1.29 is 13.2 Å². The van der Waals surface area contributed by atoms with Gasteiger partial charge in [-0.2, -0.15) is 18.3 Å². The molecular weight excluding hydrogens is 275 g/mol. The van der Waals surface area contributed by atoms with Gasteiger partial charge >= 0.3 is 6.18 Å². The molecule has 3 nitrogen and oxygen atoms in total. The van der Waals surface area contributed by atoms with E-state index >= 15 is 0 Å². The van der Waals surface area contributed by atoms with Crippen LogP contribution in [0.3, 0.4) is 0 Å². The van der Waals surface area contributed by atoms with Crippen molar-refractivity contribution in [3.8, 4) is 0 Å². The molecule has 2 atom stereocenters. The summed E-state index contributed by atoms with van der Waals surface area (Å²) in [6.07, 6.45) is -2.92. The van der Waals surface area contributed by atoms with Crippen molar-refractivity contribution in [2.24, 2.45) is 0 Å². The molecule has 0 bridgehead atoms. The summed E-state index contributed by atoms with van der Waals surface area (Å²) in [4.78, 5) is 2.03. The SMILES string of the molecule is Cc1ccc([C@H]2C[C@H](C(F)(F)F)n3nccc3N2)s1. The second-order valence-corrected chi connectivity index (χ2v) is 5.92. The second-order valence-electron chi connectivity index (χ2n) is 4.60. The van der Waals surface area contributed by atoms with E-state index in [-0.39, 0.29) is 12.5 Å². The first-order valence-corrected chi connectivity index (χ1v) is 6.70. The Balaban J connectivity index is 1.96. The average Bonchev–Trinajstić information content (AvgIpc) is 2.94. The second kappa shape index (κ2) is 4.26. The molecule has 3 rings (SSSR count). The zero-order valence-electron chi connectivity index (χ0n) is 10.1. The van der Waals surface area contributed by atoms with Crippen molar-refractivity contribution in [1.82, 2.24) is 9.78 Å². The number of nitrogens with one attached hydrogen (secondary N) is 1. The Hall–Kier alpha value is -1.50. The quantitative estimate of drug-likeness (QED) is 0.861. The monoisotopic (exact) mass is 287 g/mol. The van der Waals surface area contributed by atoms with Gasteiger partial charge in [0.2, 0.25) is 0 Å². The first-order chi connectivity index (χ1) is 8.95. The van der Waals surface area contributed by atoms with Crippen molar-refractivity contribution in [2.75, 3.05) is 5.32 Å². The van der Waals surface area contributed by atoms with Crippen LogP contribution >= 0.6 is 11.3 Å². The molecule has 0 spiro atoms. The molecule has 102 valence electrons. The lowest BCUT2D eigenvalue weighted by atomic mass is 10.0. The molecule has 19 heavy (non-hydrogen) atoms. The summed E-state index contributed by atoms with van der Waals surface area (Å²) in [5.41, 5.74) is 0. The summed E-state index contributed by atoms with van der Waals surface area (Å²) < 4.78 is 40.3. The highest BCUT2D eigenvalue weighted by Crippen LogP contribution is 2.44. The van der Waals surface area contributed by atoms with Crippen molar-refractivity contribution in [1.29, 1.82) is 0 Å². The maximum atomic E-state index is 13.1. The molecule has 0 aliphatic carbocycles. The minimum Gasteiger partial charge on any atom is -0.363 e. The van der Waals surface area contributed by atoms with Crippen LogP contribution < -0.4 is 5.32 Å². The van der Waals surface area contributed by atoms with Gasteiger partial charge in [-0.1, -0.05) is 0 Å². The molecule has 3 heterocycles. The van der Waals surface area contributed by atoms with E-state index in [9.17, 15) is 13.2 Å². The molecule has 1 N–H and O–H groups in total. The van der Waals surface area contributed by atoms with Crippen molar-refractivity contribution in [3.05, 3.63) is 34.2 Å². The number of aryl methyl sites for hydroxylation is 1. The number of halogens is 3. The summed E-state index contributed by atoms with van der Waals surface area (Å²) in [6.45, 7) is 1.95. The fourth-order valence-corrected chi connectivity index (χ4v) is 3.28. The van der Waals surface area contributed by atoms with E-state index < -0.39 is 12.2 Å². The molecule has 0 fully saturated rings. The molecule has 7 heteroatoms. The van der Waals surface area contributed by atoms with E-state index in [1.165, 1.54) is 17.5 Å². The fourth-order valence-electron chi connectivity index (χ4n) is 2.34. The summed E-state index contributed by atoms with van der Waals surface area (Å²) in [5.74, 6) is 0.421. The third-order valence-electron chi connectivity index (χ3n) is 3.23. The van der Waals surface area contributed by atoms with Crippen LogP contribution in [0.2, 0.25) is 0 Å². The van der Waals surface area contributed by atoms with Crippen molar-refractivity contribution >= 4 is 17.2 Å². The van der Waals surface area contributed by atoms with Gasteiger partial charge in [0.05, 0.1) is 12.2 Å². The largest absolute Gasteiger partial charge is 0.410 e. The third-order valence-corrected chi connectivity index (χ3v) is 4.34. The number of anilines is 1. The molecule has 2 aromatic rings. The number of hydrogen-bond donors (Lipinski definition) is 1. The molecule has 0 amide bonds. The van der Waals surface area contributed by atoms with E-state index in [1.54, 1.807) is 6.07 Å². The number of thiophene rings is 1. The zero-order chi connectivity index (χ0) is 13.6. The summed E-state index contributed by atoms with van der Waals surface area (Å²) in [6, 6.07) is 3.51. The Kier molecular flexibility index (Phi) is 2.81. The average molecular weight is 287 g/mol. The van der Waals surface area contributed by atoms with Crippen LogP contribution in [0.1, 0.15) is 28.3 Å². The molecule has 0 aromatic carbocycles. The first kappa shape index (κ1) is 12.5. The minimum absolute atomic E-state index is 0.0296. The lowest BCUT2D eigenvalue weighted by Gasteiger charge is -2.32. The van der Waals surface area contributed by atoms with Gasteiger partial charge in [-0.3, -0.25) is 0 Å². The summed E-state index contributed by atoms with van der Waals surface area (Å²) in [5, 5.41) is 6.90. The molecule has 0 saturated carbocycles. The van der Waals surface area contributed by atoms with Gasteiger partial charge in [0, 0.05) is 22.2 Å². The van der Waals surface area contributed by atoms with Crippen molar-refractivity contribution in [3.63, 3.8) is 0 Å². The van der Waals surface area contributed by atoms with E-state index in [4.69, 9.17) is 0 Å². The number of fused-ring (bicyclic) bond motifs is 1. The zero-order valence-corrected chi connectivity index (χ0v) is 10.9. The highest BCUT2D eigenvalue weighted by Gasteiger charge is 2.46. The molecule has 1 aliphatic rings. The lowest BCUT2D eigenvalue weighted by molar-refractivity contribution is -0.173. The van der Waals surface area contributed by atoms with E-state index in [2.05, 4.69) is 10.4 Å². The Morgan fingerprint density at radius 2 is 2.16 bits per heavy atom. The van der Waals surface area contributed by atoms with Gasteiger partial charge in [-0.05, 0) is 19.1 Å². The third kappa shape index (κ3) is 2.22. The van der Waals surface area contributed by atoms with Gasteiger partial charge in [0.15, 0.2) is 6.04 Å². The molecule has 0 unspecified atom stereocenters.